The standard InChI is InChI=1S/C20H16N4O2/c1-14-6-8-15(9-7-14)10-11-19-22-18(23-26-19)12-24-13-21-17-5-3-2-4-16(17)20(24)25/h2-11,13H,12H2,1H3/b11-10+. The number of aromatic nitrogens is 4. The van der Waals surface area contributed by atoms with Crippen molar-refractivity contribution in [2.45, 2.75) is 13.5 Å². The summed E-state index contributed by atoms with van der Waals surface area (Å²) < 4.78 is 6.70. The molecule has 0 fully saturated rings. The van der Waals surface area contributed by atoms with Gasteiger partial charge in [0.1, 0.15) is 0 Å². The zero-order valence-electron chi connectivity index (χ0n) is 14.2. The van der Waals surface area contributed by atoms with Crippen LogP contribution in [0.25, 0.3) is 23.1 Å². The summed E-state index contributed by atoms with van der Waals surface area (Å²) in [6.07, 6.45) is 5.16. The Hall–Kier alpha value is -3.54. The molecule has 0 atom stereocenters. The van der Waals surface area contributed by atoms with Gasteiger partial charge in [-0.15, -0.1) is 0 Å². The van der Waals surface area contributed by atoms with Gasteiger partial charge in [0, 0.05) is 6.08 Å². The van der Waals surface area contributed by atoms with Crippen LogP contribution in [0.1, 0.15) is 22.8 Å². The lowest BCUT2D eigenvalue weighted by atomic mass is 10.1. The van der Waals surface area contributed by atoms with Crippen molar-refractivity contribution in [3.8, 4) is 0 Å². The number of fused-ring (bicyclic) bond motifs is 1. The highest BCUT2D eigenvalue weighted by molar-refractivity contribution is 5.76. The Morgan fingerprint density at radius 2 is 1.88 bits per heavy atom. The van der Waals surface area contributed by atoms with Crippen LogP contribution >= 0.6 is 0 Å². The van der Waals surface area contributed by atoms with E-state index >= 15 is 0 Å². The van der Waals surface area contributed by atoms with Crippen molar-refractivity contribution in [1.29, 1.82) is 0 Å². The van der Waals surface area contributed by atoms with Gasteiger partial charge < -0.3 is 4.52 Å². The largest absolute Gasteiger partial charge is 0.335 e. The van der Waals surface area contributed by atoms with Crippen LogP contribution in [0.4, 0.5) is 0 Å². The predicted molar refractivity (Wildman–Crippen MR) is 99.5 cm³/mol. The number of benzene rings is 2. The molecule has 0 amide bonds. The fraction of sp³-hybridized carbons (Fsp3) is 0.100. The molecule has 6 heteroatoms. The Morgan fingerprint density at radius 3 is 2.73 bits per heavy atom. The molecule has 4 aromatic rings. The maximum absolute atomic E-state index is 12.5. The molecule has 4 rings (SSSR count). The van der Waals surface area contributed by atoms with Crippen LogP contribution in [0.15, 0.2) is 64.2 Å². The first kappa shape index (κ1) is 16.0. The summed E-state index contributed by atoms with van der Waals surface area (Å²) >= 11 is 0. The lowest BCUT2D eigenvalue weighted by Crippen LogP contribution is -2.21. The van der Waals surface area contributed by atoms with Crippen LogP contribution in [0.2, 0.25) is 0 Å². The van der Waals surface area contributed by atoms with Crippen LogP contribution in [-0.2, 0) is 6.54 Å². The van der Waals surface area contributed by atoms with Crippen molar-refractivity contribution in [1.82, 2.24) is 19.7 Å². The molecule has 0 aliphatic heterocycles. The van der Waals surface area contributed by atoms with E-state index in [0.717, 1.165) is 5.56 Å². The van der Waals surface area contributed by atoms with Gasteiger partial charge in [-0.25, -0.2) is 4.98 Å². The molecule has 0 unspecified atom stereocenters. The minimum atomic E-state index is -0.128. The van der Waals surface area contributed by atoms with Gasteiger partial charge in [0.25, 0.3) is 11.4 Å². The molecule has 0 saturated carbocycles. The summed E-state index contributed by atoms with van der Waals surface area (Å²) in [7, 11) is 0. The Bertz CT molecular complexity index is 1140. The third kappa shape index (κ3) is 3.30. The number of nitrogens with zero attached hydrogens (tertiary/aromatic N) is 4. The van der Waals surface area contributed by atoms with E-state index in [1.165, 1.54) is 16.5 Å². The number of aryl methyl sites for hydroxylation is 1. The SMILES string of the molecule is Cc1ccc(/C=C/c2nc(Cn3cnc4ccccc4c3=O)no2)cc1. The molecule has 2 aromatic heterocycles. The Kier molecular flexibility index (Phi) is 4.15. The Balaban J connectivity index is 1.54. The minimum absolute atomic E-state index is 0.128. The summed E-state index contributed by atoms with van der Waals surface area (Å²) in [5, 5.41) is 4.50. The molecule has 0 N–H and O–H groups in total. The van der Waals surface area contributed by atoms with Crippen molar-refractivity contribution in [3.05, 3.63) is 88.1 Å². The molecule has 2 heterocycles. The molecular weight excluding hydrogens is 328 g/mol. The van der Waals surface area contributed by atoms with Crippen LogP contribution in [0.3, 0.4) is 0 Å². The topological polar surface area (TPSA) is 73.8 Å². The second kappa shape index (κ2) is 6.76. The van der Waals surface area contributed by atoms with Gasteiger partial charge in [0.05, 0.1) is 23.8 Å². The smallest absolute Gasteiger partial charge is 0.261 e. The van der Waals surface area contributed by atoms with Crippen LogP contribution in [-0.4, -0.2) is 19.7 Å². The maximum Gasteiger partial charge on any atom is 0.261 e. The van der Waals surface area contributed by atoms with Crippen molar-refractivity contribution < 1.29 is 4.52 Å². The molecule has 0 saturated heterocycles. The van der Waals surface area contributed by atoms with Gasteiger partial charge in [-0.1, -0.05) is 47.1 Å². The summed E-state index contributed by atoms with van der Waals surface area (Å²) in [6.45, 7) is 2.25. The van der Waals surface area contributed by atoms with E-state index in [2.05, 4.69) is 15.1 Å². The van der Waals surface area contributed by atoms with E-state index in [0.29, 0.717) is 22.6 Å². The van der Waals surface area contributed by atoms with Crippen LogP contribution in [0, 0.1) is 6.92 Å². The molecule has 128 valence electrons. The number of hydrogen-bond donors (Lipinski definition) is 0. The molecule has 2 aromatic carbocycles. The Morgan fingerprint density at radius 1 is 1.08 bits per heavy atom. The molecule has 0 aliphatic rings. The molecule has 0 radical (unpaired) electrons. The average molecular weight is 344 g/mol. The zero-order valence-corrected chi connectivity index (χ0v) is 14.2. The quantitative estimate of drug-likeness (QED) is 0.568. The van der Waals surface area contributed by atoms with Gasteiger partial charge in [-0.05, 0) is 30.7 Å². The third-order valence-corrected chi connectivity index (χ3v) is 4.02. The molecule has 0 spiro atoms. The maximum atomic E-state index is 12.5. The van der Waals surface area contributed by atoms with Gasteiger partial charge >= 0.3 is 0 Å². The van der Waals surface area contributed by atoms with Gasteiger partial charge in [0.15, 0.2) is 5.82 Å². The monoisotopic (exact) mass is 344 g/mol. The van der Waals surface area contributed by atoms with Crippen molar-refractivity contribution in [2.24, 2.45) is 0 Å². The van der Waals surface area contributed by atoms with E-state index in [1.807, 2.05) is 55.5 Å². The van der Waals surface area contributed by atoms with Gasteiger partial charge in [-0.3, -0.25) is 9.36 Å². The first-order chi connectivity index (χ1) is 12.7. The lowest BCUT2D eigenvalue weighted by molar-refractivity contribution is 0.401. The molecule has 0 bridgehead atoms. The lowest BCUT2D eigenvalue weighted by Gasteiger charge is -2.03. The number of para-hydroxylation sites is 1. The summed E-state index contributed by atoms with van der Waals surface area (Å²) in [5.41, 5.74) is 2.79. The highest BCUT2D eigenvalue weighted by atomic mass is 16.5. The highest BCUT2D eigenvalue weighted by Crippen LogP contribution is 2.09. The normalized spacial score (nSPS) is 11.4. The van der Waals surface area contributed by atoms with E-state index in [-0.39, 0.29) is 12.1 Å². The van der Waals surface area contributed by atoms with Crippen LogP contribution < -0.4 is 5.56 Å². The Labute approximate surface area is 149 Å². The number of hydrogen-bond acceptors (Lipinski definition) is 5. The second-order valence-corrected chi connectivity index (χ2v) is 5.99. The third-order valence-electron chi connectivity index (χ3n) is 4.02. The van der Waals surface area contributed by atoms with E-state index < -0.39 is 0 Å². The van der Waals surface area contributed by atoms with E-state index in [1.54, 1.807) is 12.1 Å². The number of rotatable bonds is 4. The predicted octanol–water partition coefficient (Wildman–Crippen LogP) is 3.31. The average Bonchev–Trinajstić information content (AvgIpc) is 3.11. The fourth-order valence-corrected chi connectivity index (χ4v) is 2.62. The highest BCUT2D eigenvalue weighted by Gasteiger charge is 2.08. The van der Waals surface area contributed by atoms with Gasteiger partial charge in [0.2, 0.25) is 0 Å². The summed E-state index contributed by atoms with van der Waals surface area (Å²) in [6, 6.07) is 15.3. The first-order valence-corrected chi connectivity index (χ1v) is 8.20. The summed E-state index contributed by atoms with van der Waals surface area (Å²) in [5.74, 6) is 0.815. The summed E-state index contributed by atoms with van der Waals surface area (Å²) in [4.78, 5) is 21.1. The molecule has 26 heavy (non-hydrogen) atoms. The van der Waals surface area contributed by atoms with Gasteiger partial charge in [-0.2, -0.15) is 4.98 Å². The zero-order chi connectivity index (χ0) is 17.9. The molecule has 6 nitrogen and oxygen atoms in total. The van der Waals surface area contributed by atoms with Crippen LogP contribution in [0.5, 0.6) is 0 Å². The molecule has 0 aliphatic carbocycles. The van der Waals surface area contributed by atoms with Crippen molar-refractivity contribution >= 4 is 23.1 Å². The molecular formula is C20H16N4O2. The second-order valence-electron chi connectivity index (χ2n) is 5.99. The van der Waals surface area contributed by atoms with Crippen molar-refractivity contribution in [3.63, 3.8) is 0 Å². The fourth-order valence-electron chi connectivity index (χ4n) is 2.62. The van der Waals surface area contributed by atoms with Crippen molar-refractivity contribution in [2.75, 3.05) is 0 Å². The van der Waals surface area contributed by atoms with E-state index in [4.69, 9.17) is 4.52 Å². The van der Waals surface area contributed by atoms with E-state index in [9.17, 15) is 4.79 Å². The first-order valence-electron chi connectivity index (χ1n) is 8.20. The minimum Gasteiger partial charge on any atom is -0.335 e.